The zero-order chi connectivity index (χ0) is 22.2. The van der Waals surface area contributed by atoms with Crippen molar-refractivity contribution >= 4 is 49.9 Å². The first-order valence-corrected chi connectivity index (χ1v) is 10.9. The SMILES string of the molecule is O=C(CNC(=O)C(c1ccccc1)c1ccccc1)NN=Cc1cc(Br)c(O)c(Br)c1. The van der Waals surface area contributed by atoms with Crippen LogP contribution in [0.2, 0.25) is 0 Å². The van der Waals surface area contributed by atoms with Crippen molar-refractivity contribution in [2.24, 2.45) is 5.10 Å². The molecule has 0 bridgehead atoms. The highest BCUT2D eigenvalue weighted by Gasteiger charge is 2.22. The predicted octanol–water partition coefficient (Wildman–Crippen LogP) is 4.32. The van der Waals surface area contributed by atoms with Crippen LogP contribution in [-0.2, 0) is 9.59 Å². The molecule has 0 atom stereocenters. The molecule has 0 fully saturated rings. The van der Waals surface area contributed by atoms with Crippen molar-refractivity contribution in [2.45, 2.75) is 5.92 Å². The highest BCUT2D eigenvalue weighted by molar-refractivity contribution is 9.11. The molecule has 6 nitrogen and oxygen atoms in total. The fourth-order valence-corrected chi connectivity index (χ4v) is 4.16. The smallest absolute Gasteiger partial charge is 0.259 e. The van der Waals surface area contributed by atoms with E-state index in [0.717, 1.165) is 11.1 Å². The van der Waals surface area contributed by atoms with Gasteiger partial charge in [-0.05, 0) is 60.7 Å². The summed E-state index contributed by atoms with van der Waals surface area (Å²) in [6.45, 7) is -0.213. The molecule has 3 rings (SSSR count). The van der Waals surface area contributed by atoms with Crippen molar-refractivity contribution in [2.75, 3.05) is 6.54 Å². The van der Waals surface area contributed by atoms with Gasteiger partial charge in [-0.15, -0.1) is 0 Å². The van der Waals surface area contributed by atoms with Gasteiger partial charge >= 0.3 is 0 Å². The lowest BCUT2D eigenvalue weighted by Crippen LogP contribution is -2.37. The highest BCUT2D eigenvalue weighted by Crippen LogP contribution is 2.32. The third kappa shape index (κ3) is 6.26. The minimum absolute atomic E-state index is 0.0790. The van der Waals surface area contributed by atoms with Gasteiger partial charge in [0.05, 0.1) is 27.6 Å². The van der Waals surface area contributed by atoms with E-state index in [-0.39, 0.29) is 18.2 Å². The van der Waals surface area contributed by atoms with Crippen LogP contribution in [0.3, 0.4) is 0 Å². The van der Waals surface area contributed by atoms with Crippen LogP contribution >= 0.6 is 31.9 Å². The molecule has 0 aromatic heterocycles. The number of rotatable bonds is 7. The molecule has 0 aliphatic rings. The van der Waals surface area contributed by atoms with Crippen LogP contribution in [0, 0.1) is 0 Å². The minimum atomic E-state index is -0.523. The van der Waals surface area contributed by atoms with Gasteiger partial charge in [0.1, 0.15) is 5.75 Å². The number of amides is 2. The van der Waals surface area contributed by atoms with Gasteiger partial charge in [-0.1, -0.05) is 60.7 Å². The summed E-state index contributed by atoms with van der Waals surface area (Å²) in [5, 5.41) is 16.3. The number of carbonyl (C=O) groups excluding carboxylic acids is 2. The van der Waals surface area contributed by atoms with Crippen molar-refractivity contribution in [1.82, 2.24) is 10.7 Å². The Morgan fingerprint density at radius 1 is 0.935 bits per heavy atom. The van der Waals surface area contributed by atoms with Crippen LogP contribution in [0.25, 0.3) is 0 Å². The number of phenols is 1. The first-order chi connectivity index (χ1) is 15.0. The van der Waals surface area contributed by atoms with Crippen molar-refractivity contribution in [3.05, 3.63) is 98.4 Å². The maximum Gasteiger partial charge on any atom is 0.259 e. The number of aromatic hydroxyl groups is 1. The second-order valence-corrected chi connectivity index (χ2v) is 8.31. The Labute approximate surface area is 196 Å². The van der Waals surface area contributed by atoms with E-state index in [4.69, 9.17) is 0 Å². The monoisotopic (exact) mass is 543 g/mol. The van der Waals surface area contributed by atoms with E-state index < -0.39 is 11.8 Å². The minimum Gasteiger partial charge on any atom is -0.506 e. The molecule has 0 unspecified atom stereocenters. The van der Waals surface area contributed by atoms with Crippen LogP contribution in [-0.4, -0.2) is 29.7 Å². The highest BCUT2D eigenvalue weighted by atomic mass is 79.9. The average molecular weight is 545 g/mol. The zero-order valence-corrected chi connectivity index (χ0v) is 19.4. The number of halogens is 2. The summed E-state index contributed by atoms with van der Waals surface area (Å²) in [6, 6.07) is 22.1. The number of phenolic OH excluding ortho intramolecular Hbond substituents is 1. The number of nitrogens with zero attached hydrogens (tertiary/aromatic N) is 1. The lowest BCUT2D eigenvalue weighted by atomic mass is 9.90. The molecule has 158 valence electrons. The summed E-state index contributed by atoms with van der Waals surface area (Å²) in [5.74, 6) is -1.18. The fraction of sp³-hybridized carbons (Fsp3) is 0.0870. The van der Waals surface area contributed by atoms with Crippen LogP contribution in [0.4, 0.5) is 0 Å². The molecule has 0 saturated carbocycles. The third-order valence-electron chi connectivity index (χ3n) is 4.39. The van der Waals surface area contributed by atoms with Gasteiger partial charge in [0.25, 0.3) is 5.91 Å². The Bertz CT molecular complexity index is 1030. The molecule has 3 aromatic rings. The number of hydrazone groups is 1. The Hall–Kier alpha value is -2.97. The second-order valence-electron chi connectivity index (χ2n) is 6.60. The van der Waals surface area contributed by atoms with Crippen molar-refractivity contribution < 1.29 is 14.7 Å². The summed E-state index contributed by atoms with van der Waals surface area (Å²) in [4.78, 5) is 25.0. The summed E-state index contributed by atoms with van der Waals surface area (Å²) >= 11 is 6.47. The Morgan fingerprint density at radius 2 is 1.45 bits per heavy atom. The zero-order valence-electron chi connectivity index (χ0n) is 16.3. The largest absolute Gasteiger partial charge is 0.506 e. The van der Waals surface area contributed by atoms with Gasteiger partial charge in [0, 0.05) is 0 Å². The van der Waals surface area contributed by atoms with Gasteiger partial charge in [0.2, 0.25) is 5.91 Å². The van der Waals surface area contributed by atoms with Gasteiger partial charge < -0.3 is 10.4 Å². The average Bonchev–Trinajstić information content (AvgIpc) is 2.77. The molecular weight excluding hydrogens is 526 g/mol. The maximum atomic E-state index is 12.9. The van der Waals surface area contributed by atoms with Crippen LogP contribution in [0.15, 0.2) is 86.8 Å². The Kier molecular flexibility index (Phi) is 7.97. The molecule has 0 radical (unpaired) electrons. The number of carbonyl (C=O) groups is 2. The molecule has 3 aromatic carbocycles. The topological polar surface area (TPSA) is 90.8 Å². The standard InChI is InChI=1S/C23H19Br2N3O3/c24-18-11-15(12-19(25)22(18)30)13-27-28-20(29)14-26-23(31)21(16-7-3-1-4-8-16)17-9-5-2-6-10-17/h1-13,21,30H,14H2,(H,26,31)(H,28,29). The van der Waals surface area contributed by atoms with E-state index in [1.807, 2.05) is 60.7 Å². The van der Waals surface area contributed by atoms with E-state index in [0.29, 0.717) is 14.5 Å². The third-order valence-corrected chi connectivity index (χ3v) is 5.60. The molecule has 2 amide bonds. The van der Waals surface area contributed by atoms with Gasteiger partial charge in [-0.3, -0.25) is 9.59 Å². The maximum absolute atomic E-state index is 12.9. The molecule has 8 heteroatoms. The summed E-state index contributed by atoms with van der Waals surface area (Å²) < 4.78 is 0.990. The Balaban J connectivity index is 1.61. The molecule has 0 aliphatic heterocycles. The molecule has 0 heterocycles. The van der Waals surface area contributed by atoms with E-state index in [9.17, 15) is 14.7 Å². The van der Waals surface area contributed by atoms with Crippen LogP contribution in [0.1, 0.15) is 22.6 Å². The quantitative estimate of drug-likeness (QED) is 0.306. The number of hydrogen-bond donors (Lipinski definition) is 3. The summed E-state index contributed by atoms with van der Waals surface area (Å²) in [7, 11) is 0. The van der Waals surface area contributed by atoms with Crippen molar-refractivity contribution in [3.8, 4) is 5.75 Å². The summed E-state index contributed by atoms with van der Waals surface area (Å²) in [5.41, 5.74) is 4.72. The molecule has 31 heavy (non-hydrogen) atoms. The van der Waals surface area contributed by atoms with Gasteiger partial charge in [0.15, 0.2) is 0 Å². The lowest BCUT2D eigenvalue weighted by Gasteiger charge is -2.17. The van der Waals surface area contributed by atoms with Crippen LogP contribution in [0.5, 0.6) is 5.75 Å². The van der Waals surface area contributed by atoms with E-state index >= 15 is 0 Å². The molecule has 3 N–H and O–H groups in total. The van der Waals surface area contributed by atoms with Gasteiger partial charge in [-0.25, -0.2) is 5.43 Å². The first kappa shape index (κ1) is 22.7. The van der Waals surface area contributed by atoms with Crippen molar-refractivity contribution in [1.29, 1.82) is 0 Å². The molecule has 0 aliphatic carbocycles. The normalized spacial score (nSPS) is 10.9. The van der Waals surface area contributed by atoms with E-state index in [2.05, 4.69) is 47.7 Å². The number of nitrogens with one attached hydrogen (secondary N) is 2. The van der Waals surface area contributed by atoms with Crippen LogP contribution < -0.4 is 10.7 Å². The lowest BCUT2D eigenvalue weighted by molar-refractivity contribution is -0.126. The summed E-state index contributed by atoms with van der Waals surface area (Å²) in [6.07, 6.45) is 1.44. The Morgan fingerprint density at radius 3 is 1.97 bits per heavy atom. The van der Waals surface area contributed by atoms with Crippen molar-refractivity contribution in [3.63, 3.8) is 0 Å². The molecule has 0 spiro atoms. The van der Waals surface area contributed by atoms with E-state index in [1.165, 1.54) is 6.21 Å². The molecular formula is C23H19Br2N3O3. The predicted molar refractivity (Wildman–Crippen MR) is 127 cm³/mol. The van der Waals surface area contributed by atoms with Gasteiger partial charge in [-0.2, -0.15) is 5.10 Å². The first-order valence-electron chi connectivity index (χ1n) is 9.33. The van der Waals surface area contributed by atoms with E-state index in [1.54, 1.807) is 12.1 Å². The number of benzene rings is 3. The number of hydrogen-bond acceptors (Lipinski definition) is 4. The molecule has 0 saturated heterocycles. The fourth-order valence-electron chi connectivity index (χ4n) is 2.93. The second kappa shape index (κ2) is 10.9.